The van der Waals surface area contributed by atoms with Crippen molar-refractivity contribution in [1.29, 1.82) is 0 Å². The van der Waals surface area contributed by atoms with Crippen molar-refractivity contribution in [2.45, 2.75) is 6.92 Å². The molecule has 0 atom stereocenters. The van der Waals surface area contributed by atoms with Crippen molar-refractivity contribution in [2.75, 3.05) is 12.0 Å². The Morgan fingerprint density at radius 2 is 2.00 bits per heavy atom. The molecule has 0 fully saturated rings. The first-order valence-electron chi connectivity index (χ1n) is 9.37. The van der Waals surface area contributed by atoms with E-state index in [0.29, 0.717) is 23.1 Å². The molecular formula is C23H16F2N2O4S. The van der Waals surface area contributed by atoms with Crippen molar-refractivity contribution < 1.29 is 27.5 Å². The number of carbonyl (C=O) groups is 2. The number of rotatable bonds is 6. The smallest absolute Gasteiger partial charge is 0.230 e. The van der Waals surface area contributed by atoms with Gasteiger partial charge in [-0.1, -0.05) is 12.1 Å². The molecule has 0 radical (unpaired) electrons. The molecule has 0 unspecified atom stereocenters. The van der Waals surface area contributed by atoms with Gasteiger partial charge in [-0.3, -0.25) is 14.5 Å². The highest BCUT2D eigenvalue weighted by Crippen LogP contribution is 2.32. The van der Waals surface area contributed by atoms with E-state index in [9.17, 15) is 18.4 Å². The lowest BCUT2D eigenvalue weighted by Gasteiger charge is -2.18. The summed E-state index contributed by atoms with van der Waals surface area (Å²) in [7, 11) is 1.51. The average Bonchev–Trinajstić information content (AvgIpc) is 3.40. The molecule has 4 rings (SSSR count). The van der Waals surface area contributed by atoms with Gasteiger partial charge in [-0.15, -0.1) is 11.3 Å². The number of benzene rings is 2. The Morgan fingerprint density at radius 3 is 2.72 bits per heavy atom. The number of aromatic nitrogens is 1. The normalized spacial score (nSPS) is 11.2. The van der Waals surface area contributed by atoms with Crippen LogP contribution in [0.1, 0.15) is 23.2 Å². The molecule has 4 aromatic rings. The molecule has 0 bridgehead atoms. The number of carbonyl (C=O) groups excluding carboxylic acids is 2. The van der Waals surface area contributed by atoms with E-state index in [-0.39, 0.29) is 22.4 Å². The number of nitrogens with zero attached hydrogens (tertiary/aromatic N) is 2. The summed E-state index contributed by atoms with van der Waals surface area (Å²) in [6.07, 6.45) is 2.76. The van der Waals surface area contributed by atoms with Crippen LogP contribution in [-0.2, 0) is 4.79 Å². The van der Waals surface area contributed by atoms with Crippen molar-refractivity contribution in [3.05, 3.63) is 77.0 Å². The van der Waals surface area contributed by atoms with Crippen LogP contribution in [0.3, 0.4) is 0 Å². The molecule has 0 aliphatic rings. The van der Waals surface area contributed by atoms with Crippen molar-refractivity contribution >= 4 is 50.9 Å². The van der Waals surface area contributed by atoms with Crippen LogP contribution >= 0.6 is 11.3 Å². The van der Waals surface area contributed by atoms with E-state index < -0.39 is 17.5 Å². The number of allylic oxidation sites excluding steroid dienone is 1. The summed E-state index contributed by atoms with van der Waals surface area (Å²) in [5, 5.41) is 2.53. The number of fused-ring (bicyclic) bond motifs is 1. The third-order valence-electron chi connectivity index (χ3n) is 4.54. The van der Waals surface area contributed by atoms with E-state index in [4.69, 9.17) is 9.15 Å². The Bertz CT molecular complexity index is 1360. The number of amides is 1. The van der Waals surface area contributed by atoms with Gasteiger partial charge in [-0.2, -0.15) is 0 Å². The average molecular weight is 454 g/mol. The first kappa shape index (κ1) is 21.4. The Labute approximate surface area is 185 Å². The number of halogens is 2. The molecule has 2 aromatic heterocycles. The molecule has 0 saturated heterocycles. The Hall–Kier alpha value is -3.85. The largest absolute Gasteiger partial charge is 0.493 e. The Balaban J connectivity index is 1.58. The van der Waals surface area contributed by atoms with Gasteiger partial charge in [0.15, 0.2) is 22.2 Å². The summed E-state index contributed by atoms with van der Waals surface area (Å²) in [5.41, 5.74) is 0.748. The summed E-state index contributed by atoms with van der Waals surface area (Å²) >= 11 is 1.08. The van der Waals surface area contributed by atoms with Crippen LogP contribution in [0.4, 0.5) is 19.6 Å². The lowest BCUT2D eigenvalue weighted by molar-refractivity contribution is -0.115. The van der Waals surface area contributed by atoms with E-state index in [2.05, 4.69) is 4.98 Å². The second-order valence-electron chi connectivity index (χ2n) is 6.69. The summed E-state index contributed by atoms with van der Waals surface area (Å²) < 4.78 is 38.3. The van der Waals surface area contributed by atoms with Crippen LogP contribution in [0, 0.1) is 11.6 Å². The number of methoxy groups -OCH3 is 1. The maximum atomic E-state index is 14.2. The number of hydrogen-bond acceptors (Lipinski definition) is 6. The number of para-hydroxylation sites is 1. The molecule has 0 aliphatic carbocycles. The van der Waals surface area contributed by atoms with Crippen LogP contribution in [0.2, 0.25) is 0 Å². The molecule has 0 aliphatic heterocycles. The van der Waals surface area contributed by atoms with Crippen molar-refractivity contribution in [1.82, 2.24) is 4.98 Å². The predicted octanol–water partition coefficient (Wildman–Crippen LogP) is 5.76. The van der Waals surface area contributed by atoms with Crippen molar-refractivity contribution in [3.8, 4) is 5.75 Å². The minimum Gasteiger partial charge on any atom is -0.493 e. The van der Waals surface area contributed by atoms with Gasteiger partial charge in [-0.05, 0) is 36.4 Å². The molecule has 162 valence electrons. The van der Waals surface area contributed by atoms with E-state index in [1.807, 2.05) is 0 Å². The summed E-state index contributed by atoms with van der Waals surface area (Å²) in [5.74, 6) is -1.86. The molecule has 1 amide bonds. The highest BCUT2D eigenvalue weighted by molar-refractivity contribution is 7.14. The van der Waals surface area contributed by atoms with Crippen LogP contribution < -0.4 is 9.64 Å². The molecule has 0 saturated carbocycles. The molecule has 2 heterocycles. The second-order valence-corrected chi connectivity index (χ2v) is 7.53. The third kappa shape index (κ3) is 4.15. The maximum Gasteiger partial charge on any atom is 0.230 e. The quantitative estimate of drug-likeness (QED) is 0.274. The lowest BCUT2D eigenvalue weighted by atomic mass is 10.2. The summed E-state index contributed by atoms with van der Waals surface area (Å²) in [6, 6.07) is 9.87. The first-order chi connectivity index (χ1) is 15.4. The minimum atomic E-state index is -0.886. The van der Waals surface area contributed by atoms with Crippen LogP contribution in [0.5, 0.6) is 5.75 Å². The topological polar surface area (TPSA) is 72.6 Å². The van der Waals surface area contributed by atoms with E-state index >= 15 is 0 Å². The predicted molar refractivity (Wildman–Crippen MR) is 117 cm³/mol. The molecule has 9 heteroatoms. The Morgan fingerprint density at radius 1 is 1.19 bits per heavy atom. The van der Waals surface area contributed by atoms with Gasteiger partial charge in [0.05, 0.1) is 18.5 Å². The fourth-order valence-electron chi connectivity index (χ4n) is 3.09. The van der Waals surface area contributed by atoms with Gasteiger partial charge in [0, 0.05) is 23.8 Å². The van der Waals surface area contributed by atoms with E-state index in [0.717, 1.165) is 27.7 Å². The summed E-state index contributed by atoms with van der Waals surface area (Å²) in [4.78, 5) is 30.0. The monoisotopic (exact) mass is 454 g/mol. The van der Waals surface area contributed by atoms with Gasteiger partial charge in [0.2, 0.25) is 11.7 Å². The number of furan rings is 1. The number of thiazole rings is 1. The molecule has 6 nitrogen and oxygen atoms in total. The van der Waals surface area contributed by atoms with Crippen molar-refractivity contribution in [3.63, 3.8) is 0 Å². The van der Waals surface area contributed by atoms with E-state index in [1.165, 1.54) is 32.3 Å². The minimum absolute atomic E-state index is 0.115. The second kappa shape index (κ2) is 8.72. The van der Waals surface area contributed by atoms with Crippen LogP contribution in [0.25, 0.3) is 17.0 Å². The fourth-order valence-corrected chi connectivity index (χ4v) is 3.94. The van der Waals surface area contributed by atoms with Gasteiger partial charge in [0.1, 0.15) is 11.6 Å². The zero-order valence-electron chi connectivity index (χ0n) is 17.0. The lowest BCUT2D eigenvalue weighted by Crippen LogP contribution is -2.23. The maximum absolute atomic E-state index is 14.2. The van der Waals surface area contributed by atoms with Gasteiger partial charge >= 0.3 is 0 Å². The molecular weight excluding hydrogens is 438 g/mol. The number of ketones is 1. The zero-order chi connectivity index (χ0) is 22.8. The standard InChI is InChI=1S/C23H16F2N2O4S/c1-13(28)27(18-8-6-15(24)11-17(18)25)23-26-16(12-32-23)7-9-19(29)21-10-14-4-3-5-20(30-2)22(14)31-21/h3-12H,1-2H3/b9-7+. The number of hydrogen-bond donors (Lipinski definition) is 0. The third-order valence-corrected chi connectivity index (χ3v) is 5.39. The van der Waals surface area contributed by atoms with Crippen LogP contribution in [0.15, 0.2) is 58.3 Å². The molecule has 0 spiro atoms. The molecule has 2 aromatic carbocycles. The number of anilines is 2. The fraction of sp³-hybridized carbons (Fsp3) is 0.0870. The number of ether oxygens (including phenoxy) is 1. The van der Waals surface area contributed by atoms with Crippen molar-refractivity contribution in [2.24, 2.45) is 0 Å². The van der Waals surface area contributed by atoms with Crippen LogP contribution in [-0.4, -0.2) is 23.8 Å². The van der Waals surface area contributed by atoms with Gasteiger partial charge in [0.25, 0.3) is 0 Å². The highest BCUT2D eigenvalue weighted by atomic mass is 32.1. The molecule has 0 N–H and O–H groups in total. The van der Waals surface area contributed by atoms with Gasteiger partial charge < -0.3 is 9.15 Å². The van der Waals surface area contributed by atoms with E-state index in [1.54, 1.807) is 29.6 Å². The Kier molecular flexibility index (Phi) is 5.83. The summed E-state index contributed by atoms with van der Waals surface area (Å²) in [6.45, 7) is 1.25. The zero-order valence-corrected chi connectivity index (χ0v) is 17.8. The highest BCUT2D eigenvalue weighted by Gasteiger charge is 2.21. The molecule has 32 heavy (non-hydrogen) atoms. The first-order valence-corrected chi connectivity index (χ1v) is 10.3. The van der Waals surface area contributed by atoms with Gasteiger partial charge in [-0.25, -0.2) is 13.8 Å². The SMILES string of the molecule is COc1cccc2cc(C(=O)/C=C/c3csc(N(C(C)=O)c4ccc(F)cc4F)n3)oc12.